The van der Waals surface area contributed by atoms with Crippen LogP contribution in [0.25, 0.3) is 98.0 Å². The van der Waals surface area contributed by atoms with Gasteiger partial charge in [-0.15, -0.1) is 0 Å². The molecule has 0 heterocycles. The molecule has 17 aromatic rings. The standard InChI is InChI=1S/C66H58N2.C24H22Br2.C22H20/c1-40(2)50-39-58(68(43-23-13-10-14-24-43)56-32-20-28-48-45-26-16-18-30-53(45)66(7,8)63(48)56)51-38-54-59-41(35-36-64(54,3)4)37-57(49-34-33-46(50)60(51)61(49)59)67(42-21-11-9-12-22-42)55-31-19-27-47-44-25-15-17-29-52(44)65(5,6)62(47)55;1-12(2)16-11-20(26)17-10-18-21-13(7-8-24(18,3)4)9-19(25)15-6-5-14(16)22(17)23(15)21;1-22(2)20-14-7-6-12-18(20)19-13-8-11-17(21(19)22)15-16-9-4-3-5-10-16/h9-34,37-40H,35-36H2,1-8H3;5-6,9-12H,7-8H2,1-4H3;3-14H,15H2,1-2H3. The summed E-state index contributed by atoms with van der Waals surface area (Å²) in [5.74, 6) is 0.792. The van der Waals surface area contributed by atoms with Crippen LogP contribution in [-0.4, -0.2) is 0 Å². The van der Waals surface area contributed by atoms with Gasteiger partial charge in [-0.2, -0.15) is 0 Å². The summed E-state index contributed by atoms with van der Waals surface area (Å²) < 4.78 is 2.45. The van der Waals surface area contributed by atoms with Gasteiger partial charge in [-0.05, 0) is 287 Å². The molecule has 0 unspecified atom stereocenters. The predicted molar refractivity (Wildman–Crippen MR) is 504 cm³/mol. The maximum Gasteiger partial charge on any atom is 0.0543 e. The molecule has 0 saturated heterocycles. The van der Waals surface area contributed by atoms with Crippen LogP contribution in [0.5, 0.6) is 0 Å². The lowest BCUT2D eigenvalue weighted by Crippen LogP contribution is -2.24. The molecule has 0 radical (unpaired) electrons. The summed E-state index contributed by atoms with van der Waals surface area (Å²) in [6.07, 6.45) is 5.47. The molecule has 572 valence electrons. The maximum absolute atomic E-state index is 3.90. The number of rotatable bonds is 10. The summed E-state index contributed by atoms with van der Waals surface area (Å²) in [7, 11) is 0. The van der Waals surface area contributed by atoms with Crippen LogP contribution in [-0.2, 0) is 46.3 Å². The van der Waals surface area contributed by atoms with Gasteiger partial charge in [0.2, 0.25) is 0 Å². The summed E-state index contributed by atoms with van der Waals surface area (Å²) in [6.45, 7) is 33.5. The molecule has 0 saturated carbocycles. The topological polar surface area (TPSA) is 6.48 Å². The van der Waals surface area contributed by atoms with Crippen LogP contribution < -0.4 is 9.80 Å². The Morgan fingerprint density at radius 3 is 1.18 bits per heavy atom. The summed E-state index contributed by atoms with van der Waals surface area (Å²) in [5.41, 5.74) is 35.4. The van der Waals surface area contributed by atoms with E-state index >= 15 is 0 Å². The number of nitrogens with zero attached hydrogens (tertiary/aromatic N) is 2. The minimum absolute atomic E-state index is 0.0281. The lowest BCUT2D eigenvalue weighted by Gasteiger charge is -2.38. The van der Waals surface area contributed by atoms with Crippen LogP contribution in [0.2, 0.25) is 0 Å². The van der Waals surface area contributed by atoms with E-state index in [0.29, 0.717) is 5.92 Å². The van der Waals surface area contributed by atoms with Crippen LogP contribution >= 0.6 is 31.9 Å². The van der Waals surface area contributed by atoms with Crippen LogP contribution in [0.3, 0.4) is 0 Å². The van der Waals surface area contributed by atoms with Crippen molar-refractivity contribution in [1.29, 1.82) is 0 Å². The molecule has 0 atom stereocenters. The molecule has 0 N–H and O–H groups in total. The van der Waals surface area contributed by atoms with Crippen LogP contribution in [0.1, 0.15) is 199 Å². The van der Waals surface area contributed by atoms with Crippen molar-refractivity contribution in [2.75, 3.05) is 9.80 Å². The molecule has 0 spiro atoms. The highest BCUT2D eigenvalue weighted by Gasteiger charge is 2.44. The van der Waals surface area contributed by atoms with E-state index in [9.17, 15) is 0 Å². The zero-order valence-electron chi connectivity index (χ0n) is 69.4. The summed E-state index contributed by atoms with van der Waals surface area (Å²) in [4.78, 5) is 5.24. The molecule has 116 heavy (non-hydrogen) atoms. The Labute approximate surface area is 702 Å². The molecule has 4 heteroatoms. The van der Waals surface area contributed by atoms with Crippen LogP contribution in [0.15, 0.2) is 288 Å². The molecular weight excluding hydrogens is 1530 g/mol. The average Bonchev–Trinajstić information content (AvgIpc) is 0.962. The minimum atomic E-state index is -0.202. The van der Waals surface area contributed by atoms with Gasteiger partial charge in [0, 0.05) is 52.7 Å². The molecule has 22 rings (SSSR count). The first-order valence-electron chi connectivity index (χ1n) is 42.2. The highest BCUT2D eigenvalue weighted by Crippen LogP contribution is 2.61. The van der Waals surface area contributed by atoms with E-state index in [4.69, 9.17) is 0 Å². The van der Waals surface area contributed by atoms with Crippen molar-refractivity contribution >= 4 is 131 Å². The molecule has 5 aliphatic carbocycles. The monoisotopic (exact) mass is 1630 g/mol. The SMILES string of the molecule is CC(C)c1cc(Br)c2cc3c4c(cc(Br)c5ccc1c2c54)CCC3(C)C.CC(C)c1cc(N(c2ccccc2)c2cccc3c2C(C)(C)c2ccccc2-3)c2cc3c4c(cc(N(c5ccccc5)c5cccc6c5C(C)(C)c5ccccc5-6)c5ccc1c2c54)CCC3(C)C.CC1(C)c2ccccc2-c2cccc(Cc3ccccc3)c21. The van der Waals surface area contributed by atoms with Gasteiger partial charge in [0.15, 0.2) is 0 Å². The molecule has 2 nitrogen and oxygen atoms in total. The van der Waals surface area contributed by atoms with E-state index in [1.165, 1.54) is 225 Å². The number of aryl methyl sites for hydroxylation is 2. The average molecular weight is 1630 g/mol. The summed E-state index contributed by atoms with van der Waals surface area (Å²) in [6, 6.07) is 105. The lowest BCUT2D eigenvalue weighted by molar-refractivity contribution is 0.475. The smallest absolute Gasteiger partial charge is 0.0543 e. The van der Waals surface area contributed by atoms with Crippen molar-refractivity contribution in [2.24, 2.45) is 0 Å². The fourth-order valence-electron chi connectivity index (χ4n) is 22.1. The Balaban J connectivity index is 0.000000146. The molecule has 5 aliphatic rings. The minimum Gasteiger partial charge on any atom is -0.310 e. The van der Waals surface area contributed by atoms with Gasteiger partial charge in [-0.3, -0.25) is 0 Å². The number of para-hydroxylation sites is 2. The van der Waals surface area contributed by atoms with Crippen molar-refractivity contribution < 1.29 is 0 Å². The molecule has 0 fully saturated rings. The lowest BCUT2D eigenvalue weighted by atomic mass is 9.70. The van der Waals surface area contributed by atoms with E-state index < -0.39 is 0 Å². The fraction of sp³-hybridized carbons (Fsp3) is 0.232. The number of anilines is 6. The second kappa shape index (κ2) is 27.2. The van der Waals surface area contributed by atoms with E-state index in [1.807, 2.05) is 0 Å². The predicted octanol–water partition coefficient (Wildman–Crippen LogP) is 32.5. The molecule has 0 bridgehead atoms. The second-order valence-corrected chi connectivity index (χ2v) is 39.1. The Morgan fingerprint density at radius 1 is 0.293 bits per heavy atom. The summed E-state index contributed by atoms with van der Waals surface area (Å²) in [5, 5.41) is 16.7. The van der Waals surface area contributed by atoms with Gasteiger partial charge in [-0.25, -0.2) is 0 Å². The van der Waals surface area contributed by atoms with Crippen molar-refractivity contribution in [3.8, 4) is 33.4 Å². The number of halogens is 2. The highest BCUT2D eigenvalue weighted by atomic mass is 79.9. The molecule has 17 aromatic carbocycles. The Kier molecular flexibility index (Phi) is 17.4. The number of hydrogen-bond acceptors (Lipinski definition) is 2. The molecule has 0 aromatic heterocycles. The zero-order valence-corrected chi connectivity index (χ0v) is 72.6. The normalized spacial score (nSPS) is 15.6. The highest BCUT2D eigenvalue weighted by molar-refractivity contribution is 9.11. The van der Waals surface area contributed by atoms with E-state index in [1.54, 1.807) is 0 Å². The fourth-order valence-corrected chi connectivity index (χ4v) is 23.3. The Bertz CT molecular complexity index is 6850. The number of fused-ring (bicyclic) bond motifs is 9. The van der Waals surface area contributed by atoms with Crippen LogP contribution in [0, 0.1) is 0 Å². The Morgan fingerprint density at radius 2 is 0.672 bits per heavy atom. The molecule has 0 amide bonds. The largest absolute Gasteiger partial charge is 0.310 e. The van der Waals surface area contributed by atoms with Crippen molar-refractivity contribution in [3.63, 3.8) is 0 Å². The quantitative estimate of drug-likeness (QED) is 0.126. The first-order valence-corrected chi connectivity index (χ1v) is 43.8. The van der Waals surface area contributed by atoms with Gasteiger partial charge in [0.1, 0.15) is 0 Å². The van der Waals surface area contributed by atoms with Gasteiger partial charge in [0.25, 0.3) is 0 Å². The van der Waals surface area contributed by atoms with Crippen molar-refractivity contribution in [1.82, 2.24) is 0 Å². The third-order valence-corrected chi connectivity index (χ3v) is 29.1. The molecular formula is C112H100Br2N2. The number of hydrogen-bond donors (Lipinski definition) is 0. The van der Waals surface area contributed by atoms with Crippen LogP contribution in [0.4, 0.5) is 34.1 Å². The van der Waals surface area contributed by atoms with E-state index in [-0.39, 0.29) is 33.0 Å². The maximum atomic E-state index is 3.90. The third kappa shape index (κ3) is 11.2. The van der Waals surface area contributed by atoms with E-state index in [2.05, 4.69) is 418 Å². The second-order valence-electron chi connectivity index (χ2n) is 37.4. The van der Waals surface area contributed by atoms with Gasteiger partial charge < -0.3 is 9.80 Å². The van der Waals surface area contributed by atoms with Crippen molar-refractivity contribution in [2.45, 2.75) is 168 Å². The summed E-state index contributed by atoms with van der Waals surface area (Å²) >= 11 is 7.77. The van der Waals surface area contributed by atoms with Gasteiger partial charge in [-0.1, -0.05) is 335 Å². The van der Waals surface area contributed by atoms with E-state index in [0.717, 1.165) is 25.7 Å². The number of benzene rings is 17. The van der Waals surface area contributed by atoms with Crippen molar-refractivity contribution in [3.05, 3.63) is 366 Å². The molecule has 0 aliphatic heterocycles. The Hall–Kier alpha value is -10.6. The first-order chi connectivity index (χ1) is 55.8. The first kappa shape index (κ1) is 74.2. The zero-order chi connectivity index (χ0) is 80.0. The third-order valence-electron chi connectivity index (χ3n) is 27.8. The van der Waals surface area contributed by atoms with Gasteiger partial charge >= 0.3 is 0 Å². The van der Waals surface area contributed by atoms with Gasteiger partial charge in [0.05, 0.1) is 22.7 Å².